The van der Waals surface area contributed by atoms with E-state index in [2.05, 4.69) is 10.4 Å². The van der Waals surface area contributed by atoms with E-state index in [9.17, 15) is 4.79 Å². The van der Waals surface area contributed by atoms with Gasteiger partial charge in [0.2, 0.25) is 0 Å². The van der Waals surface area contributed by atoms with Gasteiger partial charge in [-0.25, -0.2) is 4.68 Å². The van der Waals surface area contributed by atoms with Gasteiger partial charge in [0, 0.05) is 23.0 Å². The second-order valence-electron chi connectivity index (χ2n) is 6.58. The van der Waals surface area contributed by atoms with E-state index in [0.29, 0.717) is 22.7 Å². The van der Waals surface area contributed by atoms with Gasteiger partial charge in [-0.15, -0.1) is 0 Å². The topological polar surface area (TPSA) is 69.3 Å². The predicted molar refractivity (Wildman–Crippen MR) is 112 cm³/mol. The number of hydrogen-bond donors (Lipinski definition) is 1. The molecule has 6 nitrogen and oxygen atoms in total. The highest BCUT2D eigenvalue weighted by Crippen LogP contribution is 2.36. The van der Waals surface area contributed by atoms with E-state index in [0.717, 1.165) is 22.0 Å². The number of aromatic nitrogens is 2. The van der Waals surface area contributed by atoms with Crippen LogP contribution in [0.4, 0.5) is 5.69 Å². The van der Waals surface area contributed by atoms with Crippen molar-refractivity contribution in [3.8, 4) is 11.4 Å². The standard InChI is InChI=1S/C23H17N3O3/c1-28-22-13-17-16-9-5-6-10-20(16)29-21(17)14-19(22)24-23(27)18-11-12-26(25-18)15-7-3-2-4-8-15/h2-14H,1H3,(H,24,27). The first kappa shape index (κ1) is 17.1. The van der Waals surface area contributed by atoms with Gasteiger partial charge in [-0.3, -0.25) is 4.79 Å². The number of para-hydroxylation sites is 2. The molecule has 1 N–H and O–H groups in total. The van der Waals surface area contributed by atoms with Crippen molar-refractivity contribution in [1.29, 1.82) is 0 Å². The van der Waals surface area contributed by atoms with Crippen molar-refractivity contribution in [2.75, 3.05) is 12.4 Å². The number of fused-ring (bicyclic) bond motifs is 3. The van der Waals surface area contributed by atoms with Crippen LogP contribution in [0.1, 0.15) is 10.5 Å². The fourth-order valence-corrected chi connectivity index (χ4v) is 3.37. The summed E-state index contributed by atoms with van der Waals surface area (Å²) < 4.78 is 13.1. The number of amides is 1. The zero-order valence-electron chi connectivity index (χ0n) is 15.6. The Balaban J connectivity index is 1.49. The van der Waals surface area contributed by atoms with Crippen molar-refractivity contribution in [1.82, 2.24) is 9.78 Å². The summed E-state index contributed by atoms with van der Waals surface area (Å²) in [6.07, 6.45) is 1.75. The molecule has 0 aliphatic heterocycles. The molecule has 0 aliphatic rings. The van der Waals surface area contributed by atoms with Gasteiger partial charge in [0.1, 0.15) is 16.9 Å². The lowest BCUT2D eigenvalue weighted by Gasteiger charge is -2.09. The molecule has 0 spiro atoms. The maximum absolute atomic E-state index is 12.8. The number of benzene rings is 3. The predicted octanol–water partition coefficient (Wildman–Crippen LogP) is 5.03. The Kier molecular flexibility index (Phi) is 4.02. The summed E-state index contributed by atoms with van der Waals surface area (Å²) in [5.41, 5.74) is 3.18. The van der Waals surface area contributed by atoms with Crippen molar-refractivity contribution in [2.45, 2.75) is 0 Å². The lowest BCUT2D eigenvalue weighted by Crippen LogP contribution is -2.14. The van der Waals surface area contributed by atoms with Crippen molar-refractivity contribution < 1.29 is 13.9 Å². The van der Waals surface area contributed by atoms with Gasteiger partial charge in [0.05, 0.1) is 18.5 Å². The number of nitrogens with one attached hydrogen (secondary N) is 1. The molecular formula is C23H17N3O3. The first-order valence-electron chi connectivity index (χ1n) is 9.14. The number of methoxy groups -OCH3 is 1. The van der Waals surface area contributed by atoms with E-state index in [1.807, 2.05) is 60.7 Å². The second-order valence-corrected chi connectivity index (χ2v) is 6.58. The lowest BCUT2D eigenvalue weighted by atomic mass is 10.1. The molecule has 29 heavy (non-hydrogen) atoms. The Bertz CT molecular complexity index is 1340. The summed E-state index contributed by atoms with van der Waals surface area (Å²) in [4.78, 5) is 12.8. The normalized spacial score (nSPS) is 11.1. The molecule has 2 aromatic heterocycles. The van der Waals surface area contributed by atoms with Gasteiger partial charge < -0.3 is 14.5 Å². The maximum Gasteiger partial charge on any atom is 0.276 e. The Labute approximate surface area is 166 Å². The average Bonchev–Trinajstić information content (AvgIpc) is 3.39. The van der Waals surface area contributed by atoms with Crippen LogP contribution in [0, 0.1) is 0 Å². The number of carbonyl (C=O) groups excluding carboxylic acids is 1. The maximum atomic E-state index is 12.8. The average molecular weight is 383 g/mol. The number of carbonyl (C=O) groups is 1. The number of anilines is 1. The summed E-state index contributed by atoms with van der Waals surface area (Å²) in [7, 11) is 1.57. The largest absolute Gasteiger partial charge is 0.495 e. The molecule has 3 aromatic carbocycles. The SMILES string of the molecule is COc1cc2c(cc1NC(=O)c1ccn(-c3ccccc3)n1)oc1ccccc12. The molecule has 0 saturated carbocycles. The van der Waals surface area contributed by atoms with E-state index < -0.39 is 0 Å². The molecule has 0 bridgehead atoms. The monoisotopic (exact) mass is 383 g/mol. The molecule has 142 valence electrons. The van der Waals surface area contributed by atoms with Gasteiger partial charge in [-0.05, 0) is 30.3 Å². The minimum absolute atomic E-state index is 0.306. The van der Waals surface area contributed by atoms with Crippen LogP contribution in [-0.2, 0) is 0 Å². The van der Waals surface area contributed by atoms with E-state index in [1.165, 1.54) is 0 Å². The van der Waals surface area contributed by atoms with E-state index >= 15 is 0 Å². The number of nitrogens with zero attached hydrogens (tertiary/aromatic N) is 2. The van der Waals surface area contributed by atoms with Crippen LogP contribution in [0.5, 0.6) is 5.75 Å². The second kappa shape index (κ2) is 6.83. The Morgan fingerprint density at radius 2 is 1.76 bits per heavy atom. The highest BCUT2D eigenvalue weighted by molar-refractivity contribution is 6.09. The number of ether oxygens (including phenoxy) is 1. The first-order chi connectivity index (χ1) is 14.2. The highest BCUT2D eigenvalue weighted by atomic mass is 16.5. The number of rotatable bonds is 4. The van der Waals surface area contributed by atoms with Crippen LogP contribution in [0.3, 0.4) is 0 Å². The third-order valence-electron chi connectivity index (χ3n) is 4.79. The Hall–Kier alpha value is -4.06. The van der Waals surface area contributed by atoms with Crippen LogP contribution < -0.4 is 10.1 Å². The quantitative estimate of drug-likeness (QED) is 0.472. The molecule has 0 aliphatic carbocycles. The lowest BCUT2D eigenvalue weighted by molar-refractivity contribution is 0.102. The smallest absolute Gasteiger partial charge is 0.276 e. The molecule has 0 fully saturated rings. The van der Waals surface area contributed by atoms with Crippen LogP contribution in [-0.4, -0.2) is 22.8 Å². The number of hydrogen-bond acceptors (Lipinski definition) is 4. The van der Waals surface area contributed by atoms with Crippen molar-refractivity contribution in [2.24, 2.45) is 0 Å². The first-order valence-corrected chi connectivity index (χ1v) is 9.14. The summed E-state index contributed by atoms with van der Waals surface area (Å²) in [6.45, 7) is 0. The van der Waals surface area contributed by atoms with Gasteiger partial charge in [-0.2, -0.15) is 5.10 Å². The molecule has 5 aromatic rings. The number of furan rings is 1. The van der Waals surface area contributed by atoms with Crippen molar-refractivity contribution >= 4 is 33.5 Å². The van der Waals surface area contributed by atoms with E-state index in [-0.39, 0.29) is 5.91 Å². The van der Waals surface area contributed by atoms with Crippen LogP contribution >= 0.6 is 0 Å². The molecular weight excluding hydrogens is 366 g/mol. The molecule has 5 rings (SSSR count). The molecule has 0 unspecified atom stereocenters. The molecule has 1 amide bonds. The van der Waals surface area contributed by atoms with Gasteiger partial charge in [0.25, 0.3) is 5.91 Å². The minimum atomic E-state index is -0.326. The summed E-state index contributed by atoms with van der Waals surface area (Å²) in [6, 6.07) is 22.7. The van der Waals surface area contributed by atoms with Crippen LogP contribution in [0.15, 0.2) is 83.4 Å². The van der Waals surface area contributed by atoms with E-state index in [4.69, 9.17) is 9.15 Å². The molecule has 6 heteroatoms. The zero-order chi connectivity index (χ0) is 19.8. The molecule has 0 radical (unpaired) electrons. The fourth-order valence-electron chi connectivity index (χ4n) is 3.37. The third-order valence-corrected chi connectivity index (χ3v) is 4.79. The summed E-state index contributed by atoms with van der Waals surface area (Å²) in [5, 5.41) is 9.18. The van der Waals surface area contributed by atoms with Crippen LogP contribution in [0.25, 0.3) is 27.6 Å². The van der Waals surface area contributed by atoms with Gasteiger partial charge >= 0.3 is 0 Å². The molecule has 0 saturated heterocycles. The van der Waals surface area contributed by atoms with Gasteiger partial charge in [-0.1, -0.05) is 36.4 Å². The van der Waals surface area contributed by atoms with Gasteiger partial charge in [0.15, 0.2) is 5.69 Å². The van der Waals surface area contributed by atoms with E-state index in [1.54, 1.807) is 30.1 Å². The third kappa shape index (κ3) is 3.00. The fraction of sp³-hybridized carbons (Fsp3) is 0.0435. The Morgan fingerprint density at radius 3 is 2.59 bits per heavy atom. The molecule has 0 atom stereocenters. The zero-order valence-corrected chi connectivity index (χ0v) is 15.6. The summed E-state index contributed by atoms with van der Waals surface area (Å²) >= 11 is 0. The summed E-state index contributed by atoms with van der Waals surface area (Å²) in [5.74, 6) is 0.230. The minimum Gasteiger partial charge on any atom is -0.495 e. The highest BCUT2D eigenvalue weighted by Gasteiger charge is 2.16. The molecule has 2 heterocycles. The van der Waals surface area contributed by atoms with Crippen molar-refractivity contribution in [3.05, 3.63) is 84.7 Å². The van der Waals surface area contributed by atoms with Crippen LogP contribution in [0.2, 0.25) is 0 Å². The van der Waals surface area contributed by atoms with Crippen molar-refractivity contribution in [3.63, 3.8) is 0 Å². The Morgan fingerprint density at radius 1 is 0.966 bits per heavy atom.